The Balaban J connectivity index is 0.00000112. The molecule has 0 fully saturated rings. The SMILES string of the molecule is O=C(c1ccccc1)[n+]1ccccc1.[Br-]. The van der Waals surface area contributed by atoms with Gasteiger partial charge in [0.05, 0.1) is 5.56 Å². The maximum Gasteiger partial charge on any atom is 0.424 e. The van der Waals surface area contributed by atoms with Gasteiger partial charge in [0.1, 0.15) is 0 Å². The fourth-order valence-corrected chi connectivity index (χ4v) is 1.26. The second kappa shape index (κ2) is 5.41. The van der Waals surface area contributed by atoms with Gasteiger partial charge >= 0.3 is 5.91 Å². The molecule has 0 N–H and O–H groups in total. The van der Waals surface area contributed by atoms with Crippen molar-refractivity contribution in [2.75, 3.05) is 0 Å². The van der Waals surface area contributed by atoms with Gasteiger partial charge in [0.2, 0.25) is 0 Å². The number of pyridine rings is 1. The third kappa shape index (κ3) is 2.73. The highest BCUT2D eigenvalue weighted by molar-refractivity contribution is 5.86. The molecular formula is C12H10BrNO. The largest absolute Gasteiger partial charge is 1.00 e. The van der Waals surface area contributed by atoms with Crippen LogP contribution in [-0.4, -0.2) is 5.91 Å². The number of carbonyl (C=O) groups excluding carboxylic acids is 1. The summed E-state index contributed by atoms with van der Waals surface area (Å²) in [6.07, 6.45) is 3.49. The van der Waals surface area contributed by atoms with Gasteiger partial charge in [0.25, 0.3) is 0 Å². The van der Waals surface area contributed by atoms with Crippen LogP contribution < -0.4 is 21.5 Å². The number of benzene rings is 1. The normalized spacial score (nSPS) is 9.07. The van der Waals surface area contributed by atoms with Crippen LogP contribution in [0.3, 0.4) is 0 Å². The van der Waals surface area contributed by atoms with Gasteiger partial charge in [-0.15, -0.1) is 4.57 Å². The number of carbonyl (C=O) groups is 1. The average molecular weight is 264 g/mol. The highest BCUT2D eigenvalue weighted by atomic mass is 79.9. The fourth-order valence-electron chi connectivity index (χ4n) is 1.26. The van der Waals surface area contributed by atoms with Crippen molar-refractivity contribution in [1.82, 2.24) is 0 Å². The summed E-state index contributed by atoms with van der Waals surface area (Å²) in [4.78, 5) is 11.8. The maximum absolute atomic E-state index is 11.8. The van der Waals surface area contributed by atoms with Crippen LogP contribution in [0.25, 0.3) is 0 Å². The minimum absolute atomic E-state index is 0. The Kier molecular flexibility index (Phi) is 4.18. The Bertz CT molecular complexity index is 386. The third-order valence-corrected chi connectivity index (χ3v) is 1.97. The van der Waals surface area contributed by atoms with E-state index in [4.69, 9.17) is 0 Å². The topological polar surface area (TPSA) is 20.9 Å². The standard InChI is InChI=1S/C12H10NO.BrH/c14-12(11-7-3-1-4-8-11)13-9-5-2-6-10-13;/h1-10H;1H/q+1;/p-1. The second-order valence-electron chi connectivity index (χ2n) is 2.95. The van der Waals surface area contributed by atoms with Gasteiger partial charge < -0.3 is 17.0 Å². The smallest absolute Gasteiger partial charge is 0.424 e. The molecule has 0 amide bonds. The average Bonchev–Trinajstić information content (AvgIpc) is 2.30. The summed E-state index contributed by atoms with van der Waals surface area (Å²) in [5.41, 5.74) is 0.698. The molecule has 0 aliphatic carbocycles. The molecule has 2 nitrogen and oxygen atoms in total. The monoisotopic (exact) mass is 263 g/mol. The molecule has 0 spiro atoms. The van der Waals surface area contributed by atoms with Crippen molar-refractivity contribution in [3.05, 3.63) is 66.5 Å². The summed E-state index contributed by atoms with van der Waals surface area (Å²) in [6, 6.07) is 14.8. The van der Waals surface area contributed by atoms with E-state index in [-0.39, 0.29) is 22.9 Å². The number of rotatable bonds is 1. The van der Waals surface area contributed by atoms with Gasteiger partial charge in [-0.3, -0.25) is 0 Å². The van der Waals surface area contributed by atoms with Crippen molar-refractivity contribution in [3.8, 4) is 0 Å². The number of nitrogens with zero attached hydrogens (tertiary/aromatic N) is 1. The number of hydrogen-bond donors (Lipinski definition) is 0. The Labute approximate surface area is 99.0 Å². The molecule has 0 atom stereocenters. The van der Waals surface area contributed by atoms with E-state index in [0.717, 1.165) is 0 Å². The highest BCUT2D eigenvalue weighted by Gasteiger charge is 2.14. The van der Waals surface area contributed by atoms with Gasteiger partial charge in [-0.25, -0.2) is 4.79 Å². The van der Waals surface area contributed by atoms with E-state index in [9.17, 15) is 4.79 Å². The van der Waals surface area contributed by atoms with Crippen molar-refractivity contribution >= 4 is 5.91 Å². The minimum Gasteiger partial charge on any atom is -1.00 e. The molecule has 0 aliphatic heterocycles. The van der Waals surface area contributed by atoms with E-state index >= 15 is 0 Å². The molecule has 15 heavy (non-hydrogen) atoms. The predicted molar refractivity (Wildman–Crippen MR) is 52.8 cm³/mol. The van der Waals surface area contributed by atoms with E-state index in [0.29, 0.717) is 5.56 Å². The first-order chi connectivity index (χ1) is 6.88. The Morgan fingerprint density at radius 1 is 0.867 bits per heavy atom. The first kappa shape index (κ1) is 11.6. The predicted octanol–water partition coefficient (Wildman–Crippen LogP) is -1.33. The van der Waals surface area contributed by atoms with Crippen molar-refractivity contribution in [2.24, 2.45) is 0 Å². The summed E-state index contributed by atoms with van der Waals surface area (Å²) < 4.78 is 1.56. The lowest BCUT2D eigenvalue weighted by molar-refractivity contribution is -0.570. The summed E-state index contributed by atoms with van der Waals surface area (Å²) in [6.45, 7) is 0. The Morgan fingerprint density at radius 2 is 1.40 bits per heavy atom. The molecule has 0 bridgehead atoms. The molecule has 2 aromatic rings. The molecule has 76 valence electrons. The van der Waals surface area contributed by atoms with Crippen LogP contribution in [-0.2, 0) is 0 Å². The van der Waals surface area contributed by atoms with Crippen LogP contribution in [0, 0.1) is 0 Å². The van der Waals surface area contributed by atoms with E-state index in [2.05, 4.69) is 0 Å². The van der Waals surface area contributed by atoms with Crippen LogP contribution in [0.15, 0.2) is 60.9 Å². The van der Waals surface area contributed by atoms with Crippen LogP contribution in [0.2, 0.25) is 0 Å². The molecule has 0 unspecified atom stereocenters. The number of aromatic nitrogens is 1. The molecule has 2 rings (SSSR count). The van der Waals surface area contributed by atoms with Crippen LogP contribution in [0.1, 0.15) is 10.4 Å². The molecule has 3 heteroatoms. The molecule has 1 aromatic heterocycles. The van der Waals surface area contributed by atoms with E-state index in [1.165, 1.54) is 0 Å². The molecule has 1 heterocycles. The summed E-state index contributed by atoms with van der Waals surface area (Å²) in [5.74, 6) is -0.00815. The lowest BCUT2D eigenvalue weighted by atomic mass is 10.2. The van der Waals surface area contributed by atoms with Gasteiger partial charge in [0, 0.05) is 12.1 Å². The molecule has 1 aromatic carbocycles. The Morgan fingerprint density at radius 3 is 2.00 bits per heavy atom. The first-order valence-electron chi connectivity index (χ1n) is 4.44. The third-order valence-electron chi connectivity index (χ3n) is 1.97. The van der Waals surface area contributed by atoms with Crippen molar-refractivity contribution in [2.45, 2.75) is 0 Å². The highest BCUT2D eigenvalue weighted by Crippen LogP contribution is 1.97. The Hall–Kier alpha value is -1.48. The van der Waals surface area contributed by atoms with Crippen molar-refractivity contribution in [3.63, 3.8) is 0 Å². The summed E-state index contributed by atoms with van der Waals surface area (Å²) >= 11 is 0. The van der Waals surface area contributed by atoms with Crippen LogP contribution in [0.4, 0.5) is 0 Å². The zero-order chi connectivity index (χ0) is 9.80. The van der Waals surface area contributed by atoms with E-state index < -0.39 is 0 Å². The zero-order valence-corrected chi connectivity index (χ0v) is 9.59. The lowest BCUT2D eigenvalue weighted by Gasteiger charge is -1.93. The first-order valence-corrected chi connectivity index (χ1v) is 4.44. The number of hydrogen-bond acceptors (Lipinski definition) is 1. The minimum atomic E-state index is -0.00815. The van der Waals surface area contributed by atoms with E-state index in [1.807, 2.05) is 48.5 Å². The van der Waals surface area contributed by atoms with Crippen LogP contribution >= 0.6 is 0 Å². The summed E-state index contributed by atoms with van der Waals surface area (Å²) in [7, 11) is 0. The molecule has 0 aliphatic rings. The van der Waals surface area contributed by atoms with Gasteiger partial charge in [0.15, 0.2) is 12.4 Å². The lowest BCUT2D eigenvalue weighted by Crippen LogP contribution is -3.00. The quantitative estimate of drug-likeness (QED) is 0.584. The zero-order valence-electron chi connectivity index (χ0n) is 8.01. The van der Waals surface area contributed by atoms with Gasteiger partial charge in [-0.1, -0.05) is 24.3 Å². The van der Waals surface area contributed by atoms with Crippen molar-refractivity contribution in [1.29, 1.82) is 0 Å². The molecular weight excluding hydrogens is 254 g/mol. The second-order valence-corrected chi connectivity index (χ2v) is 2.95. The maximum atomic E-state index is 11.8. The van der Waals surface area contributed by atoms with Gasteiger partial charge in [-0.05, 0) is 12.1 Å². The molecule has 0 radical (unpaired) electrons. The fraction of sp³-hybridized carbons (Fsp3) is 0. The molecule has 0 saturated carbocycles. The van der Waals surface area contributed by atoms with Crippen LogP contribution in [0.5, 0.6) is 0 Å². The molecule has 0 saturated heterocycles. The van der Waals surface area contributed by atoms with E-state index in [1.54, 1.807) is 17.0 Å². The van der Waals surface area contributed by atoms with Gasteiger partial charge in [-0.2, -0.15) is 0 Å². The van der Waals surface area contributed by atoms with Crippen molar-refractivity contribution < 1.29 is 26.3 Å². The number of halogens is 1. The summed E-state index contributed by atoms with van der Waals surface area (Å²) in [5, 5.41) is 0.